The number of aromatic nitrogens is 3. The van der Waals surface area contributed by atoms with Crippen LogP contribution in [0.3, 0.4) is 0 Å². The fourth-order valence-electron chi connectivity index (χ4n) is 4.49. The number of nitriles is 1. The van der Waals surface area contributed by atoms with Crippen LogP contribution in [0.2, 0.25) is 0 Å². The maximum absolute atomic E-state index is 15.4. The van der Waals surface area contributed by atoms with E-state index in [1.54, 1.807) is 25.2 Å². The summed E-state index contributed by atoms with van der Waals surface area (Å²) in [5, 5.41) is 11.7. The van der Waals surface area contributed by atoms with Gasteiger partial charge < -0.3 is 28.5 Å². The molecule has 1 N–H and O–H groups in total. The molecule has 1 aromatic heterocycles. The Labute approximate surface area is 294 Å². The number of halogens is 3. The van der Waals surface area contributed by atoms with Crippen LogP contribution in [0.4, 0.5) is 13.2 Å². The summed E-state index contributed by atoms with van der Waals surface area (Å²) in [5.41, 5.74) is -1.67. The Morgan fingerprint density at radius 3 is 2.62 bits per heavy atom. The van der Waals surface area contributed by atoms with Crippen molar-refractivity contribution in [1.29, 1.82) is 5.26 Å². The Balaban J connectivity index is 0.00000600. The van der Waals surface area contributed by atoms with E-state index in [0.717, 1.165) is 18.2 Å². The summed E-state index contributed by atoms with van der Waals surface area (Å²) in [5.74, 6) is -3.74. The number of phosphoric acid groups is 1. The Kier molecular flexibility index (Phi) is 14.4. The molecule has 0 spiro atoms. The van der Waals surface area contributed by atoms with Gasteiger partial charge in [0.15, 0.2) is 18.5 Å². The van der Waals surface area contributed by atoms with E-state index in [9.17, 15) is 23.0 Å². The first-order valence-electron chi connectivity index (χ1n) is 13.5. The van der Waals surface area contributed by atoms with Crippen molar-refractivity contribution in [3.63, 3.8) is 0 Å². The standard InChI is InChI=1S/C29H28F3N4O8PS.Na/c1-19(46-23-13-41-28(42-14-23)5-3-2-4-21-7-6-20(12-33)10-25(21)31)29(16-36-18-34-17-35-36,24-9-8-22(30)11-26(24)32)44-27(37)15-43-45(38,39)40;/h2-11,17-19,23,28H,13-16H2,1H3,(H2,38,39,40);/q;+1/p-1/b4-2+,5-3+;/t19-,23?,28?,29-;/m1./s1. The maximum Gasteiger partial charge on any atom is 1.00 e. The molecule has 1 unspecified atom stereocenters. The fourth-order valence-corrected chi connectivity index (χ4v) is 6.12. The van der Waals surface area contributed by atoms with Gasteiger partial charge in [-0.15, -0.1) is 11.8 Å². The number of hydrogen-bond donors (Lipinski definition) is 1. The molecule has 1 saturated heterocycles. The Hall–Kier alpha value is -2.81. The number of carbonyl (C=O) groups excluding carboxylic acids is 1. The van der Waals surface area contributed by atoms with E-state index in [1.807, 2.05) is 6.07 Å². The molecule has 2 heterocycles. The van der Waals surface area contributed by atoms with Gasteiger partial charge in [-0.1, -0.05) is 24.3 Å². The van der Waals surface area contributed by atoms with E-state index in [4.69, 9.17) is 24.4 Å². The number of nitrogens with zero attached hydrogens (tertiary/aromatic N) is 4. The molecule has 0 bridgehead atoms. The van der Waals surface area contributed by atoms with Crippen LogP contribution in [0.1, 0.15) is 23.6 Å². The van der Waals surface area contributed by atoms with Crippen LogP contribution in [-0.2, 0) is 40.2 Å². The van der Waals surface area contributed by atoms with Gasteiger partial charge in [-0.3, -0.25) is 4.57 Å². The summed E-state index contributed by atoms with van der Waals surface area (Å²) in [6.45, 7) is 0.360. The minimum absolute atomic E-state index is 0. The van der Waals surface area contributed by atoms with Gasteiger partial charge in [-0.05, 0) is 37.3 Å². The predicted molar refractivity (Wildman–Crippen MR) is 156 cm³/mol. The maximum atomic E-state index is 15.4. The van der Waals surface area contributed by atoms with Crippen LogP contribution in [0.15, 0.2) is 67.3 Å². The Bertz CT molecular complexity index is 1670. The summed E-state index contributed by atoms with van der Waals surface area (Å²) in [4.78, 5) is 36.7. The van der Waals surface area contributed by atoms with Gasteiger partial charge in [0.2, 0.25) is 0 Å². The Morgan fingerprint density at radius 1 is 1.26 bits per heavy atom. The molecule has 0 saturated carbocycles. The molecule has 1 aliphatic heterocycles. The second-order valence-electron chi connectivity index (χ2n) is 9.85. The zero-order valence-corrected chi connectivity index (χ0v) is 28.8. The van der Waals surface area contributed by atoms with Crippen molar-refractivity contribution in [3.8, 4) is 6.07 Å². The summed E-state index contributed by atoms with van der Waals surface area (Å²) >= 11 is 1.20. The molecule has 244 valence electrons. The van der Waals surface area contributed by atoms with E-state index in [1.165, 1.54) is 47.3 Å². The molecule has 3 aromatic rings. The molecule has 1 fully saturated rings. The SMILES string of the molecule is C[C@@H](SC1COC(/C=C/C=C/c2ccc(C#N)cc2F)OC1)[C@@](Cn1cncn1)(OC(=O)COP(=O)([O-])O)c1ccc(F)cc1F.[Na+]. The van der Waals surface area contributed by atoms with Crippen LogP contribution >= 0.6 is 19.6 Å². The number of thioether (sulfide) groups is 1. The van der Waals surface area contributed by atoms with Crippen molar-refractivity contribution >= 4 is 31.6 Å². The number of carbonyl (C=O) groups is 1. The topological polar surface area (TPSA) is 169 Å². The average molecular weight is 703 g/mol. The first-order valence-corrected chi connectivity index (χ1v) is 15.9. The quantitative estimate of drug-likeness (QED) is 0.114. The molecular weight excluding hydrogens is 675 g/mol. The number of phosphoric ester groups is 1. The number of allylic oxidation sites excluding steroid dienone is 2. The van der Waals surface area contributed by atoms with E-state index in [0.29, 0.717) is 6.07 Å². The van der Waals surface area contributed by atoms with Crippen LogP contribution in [0.5, 0.6) is 0 Å². The molecule has 0 amide bonds. The van der Waals surface area contributed by atoms with Gasteiger partial charge in [0.1, 0.15) is 30.1 Å². The van der Waals surface area contributed by atoms with Crippen LogP contribution in [0.25, 0.3) is 6.08 Å². The molecule has 0 aliphatic carbocycles. The summed E-state index contributed by atoms with van der Waals surface area (Å²) < 4.78 is 77.1. The van der Waals surface area contributed by atoms with E-state index < -0.39 is 55.0 Å². The predicted octanol–water partition coefficient (Wildman–Crippen LogP) is 0.620. The van der Waals surface area contributed by atoms with Crippen LogP contribution in [-0.4, -0.2) is 62.2 Å². The average Bonchev–Trinajstić information content (AvgIpc) is 3.52. The molecule has 12 nitrogen and oxygen atoms in total. The van der Waals surface area contributed by atoms with E-state index in [2.05, 4.69) is 14.6 Å². The van der Waals surface area contributed by atoms with Crippen molar-refractivity contribution in [1.82, 2.24) is 14.8 Å². The molecule has 47 heavy (non-hydrogen) atoms. The largest absolute Gasteiger partial charge is 1.00 e. The molecule has 3 atom stereocenters. The Morgan fingerprint density at radius 2 is 2.00 bits per heavy atom. The monoisotopic (exact) mass is 702 g/mol. The van der Waals surface area contributed by atoms with Crippen molar-refractivity contribution < 1.29 is 80.6 Å². The van der Waals surface area contributed by atoms with Crippen LogP contribution in [0, 0.1) is 28.8 Å². The molecule has 4 rings (SSSR count). The summed E-state index contributed by atoms with van der Waals surface area (Å²) in [6, 6.07) is 8.67. The fraction of sp³-hybridized carbons (Fsp3) is 0.310. The minimum Gasteiger partial charge on any atom is -0.756 e. The second kappa shape index (κ2) is 17.5. The number of benzene rings is 2. The normalized spacial score (nSPS) is 19.8. The molecule has 18 heteroatoms. The third kappa shape index (κ3) is 11.1. The van der Waals surface area contributed by atoms with Gasteiger partial charge in [0, 0.05) is 22.4 Å². The molecule has 0 radical (unpaired) electrons. The van der Waals surface area contributed by atoms with Crippen molar-refractivity contribution in [2.24, 2.45) is 0 Å². The smallest absolute Gasteiger partial charge is 0.756 e. The van der Waals surface area contributed by atoms with Crippen LogP contribution < -0.4 is 34.5 Å². The molecule has 2 aromatic carbocycles. The number of hydrogen-bond acceptors (Lipinski definition) is 11. The third-order valence-electron chi connectivity index (χ3n) is 6.62. The number of ether oxygens (including phenoxy) is 3. The molecular formula is C29H27F3N4NaO8PS. The first-order chi connectivity index (χ1) is 21.9. The number of esters is 1. The number of rotatable bonds is 13. The van der Waals surface area contributed by atoms with Crippen molar-refractivity contribution in [2.45, 2.75) is 35.9 Å². The van der Waals surface area contributed by atoms with E-state index >= 15 is 4.39 Å². The van der Waals surface area contributed by atoms with Gasteiger partial charge in [0.25, 0.3) is 7.82 Å². The van der Waals surface area contributed by atoms with Crippen molar-refractivity contribution in [2.75, 3.05) is 19.8 Å². The first kappa shape index (κ1) is 38.6. The van der Waals surface area contributed by atoms with Crippen molar-refractivity contribution in [3.05, 3.63) is 101 Å². The second-order valence-corrected chi connectivity index (χ2v) is 12.7. The summed E-state index contributed by atoms with van der Waals surface area (Å²) in [7, 11) is -5.30. The third-order valence-corrected chi connectivity index (χ3v) is 8.52. The van der Waals surface area contributed by atoms with Gasteiger partial charge in [-0.25, -0.2) is 27.6 Å². The molecule has 1 aliphatic rings. The zero-order chi connectivity index (χ0) is 33.3. The van der Waals surface area contributed by atoms with Gasteiger partial charge in [-0.2, -0.15) is 10.4 Å². The minimum atomic E-state index is -5.30. The van der Waals surface area contributed by atoms with Gasteiger partial charge >= 0.3 is 35.5 Å². The van der Waals surface area contributed by atoms with E-state index in [-0.39, 0.29) is 71.3 Å². The summed E-state index contributed by atoms with van der Waals surface area (Å²) in [6.07, 6.45) is 8.04. The van der Waals surface area contributed by atoms with Gasteiger partial charge in [0.05, 0.1) is 36.6 Å². The zero-order valence-electron chi connectivity index (χ0n) is 25.1.